The lowest BCUT2D eigenvalue weighted by molar-refractivity contribution is -0.130. The molecular weight excluding hydrogens is 360 g/mol. The summed E-state index contributed by atoms with van der Waals surface area (Å²) in [6.45, 7) is 1.67. The predicted molar refractivity (Wildman–Crippen MR) is 101 cm³/mol. The summed E-state index contributed by atoms with van der Waals surface area (Å²) in [6, 6.07) is 9.45. The molecule has 1 aliphatic rings. The highest BCUT2D eigenvalue weighted by Gasteiger charge is 2.36. The number of hydrogen-bond donors (Lipinski definition) is 1. The third-order valence-electron chi connectivity index (χ3n) is 5.11. The zero-order valence-electron chi connectivity index (χ0n) is 16.1. The molecule has 148 valence electrons. The summed E-state index contributed by atoms with van der Waals surface area (Å²) in [7, 11) is 1.53. The van der Waals surface area contributed by atoms with Crippen molar-refractivity contribution < 1.29 is 23.5 Å². The number of nitriles is 1. The van der Waals surface area contributed by atoms with E-state index in [2.05, 4.69) is 11.4 Å². The van der Waals surface area contributed by atoms with Crippen LogP contribution < -0.4 is 5.32 Å². The van der Waals surface area contributed by atoms with E-state index in [4.69, 9.17) is 13.9 Å². The lowest BCUT2D eigenvalue weighted by Gasteiger charge is -2.32. The van der Waals surface area contributed by atoms with Crippen LogP contribution in [0.3, 0.4) is 0 Å². The monoisotopic (exact) mass is 384 g/mol. The number of carbonyl (C=O) groups is 2. The summed E-state index contributed by atoms with van der Waals surface area (Å²) in [6.07, 6.45) is 3.00. The normalized spacial score (nSPS) is 16.9. The van der Waals surface area contributed by atoms with Crippen molar-refractivity contribution in [1.82, 2.24) is 5.32 Å². The molecule has 2 aromatic rings. The van der Waals surface area contributed by atoms with Crippen molar-refractivity contribution in [2.45, 2.75) is 57.3 Å². The van der Waals surface area contributed by atoms with E-state index < -0.39 is 23.5 Å². The maximum Gasteiger partial charge on any atom is 0.375 e. The Bertz CT molecular complexity index is 905. The third-order valence-corrected chi connectivity index (χ3v) is 5.11. The van der Waals surface area contributed by atoms with Crippen molar-refractivity contribution in [1.29, 1.82) is 5.26 Å². The average Bonchev–Trinajstić information content (AvgIpc) is 3.08. The highest BCUT2D eigenvalue weighted by molar-refractivity contribution is 5.97. The molecule has 0 aliphatic heterocycles. The first-order chi connectivity index (χ1) is 13.5. The number of fused-ring (bicyclic) bond motifs is 1. The lowest BCUT2D eigenvalue weighted by Crippen LogP contribution is -2.52. The van der Waals surface area contributed by atoms with Crippen LogP contribution in [-0.4, -0.2) is 30.6 Å². The number of amides is 1. The van der Waals surface area contributed by atoms with E-state index in [1.165, 1.54) is 14.0 Å². The van der Waals surface area contributed by atoms with Crippen molar-refractivity contribution in [3.05, 3.63) is 35.6 Å². The van der Waals surface area contributed by atoms with Crippen LogP contribution in [0.1, 0.15) is 55.1 Å². The molecule has 1 unspecified atom stereocenters. The fourth-order valence-electron chi connectivity index (χ4n) is 3.58. The molecule has 7 heteroatoms. The lowest BCUT2D eigenvalue weighted by atomic mass is 9.83. The minimum absolute atomic E-state index is 0.0235. The second kappa shape index (κ2) is 8.44. The fourth-order valence-corrected chi connectivity index (χ4v) is 3.58. The number of rotatable bonds is 6. The molecule has 28 heavy (non-hydrogen) atoms. The third kappa shape index (κ3) is 4.02. The maximum absolute atomic E-state index is 12.6. The molecule has 1 aliphatic carbocycles. The van der Waals surface area contributed by atoms with Gasteiger partial charge in [0.2, 0.25) is 5.76 Å². The zero-order valence-corrected chi connectivity index (χ0v) is 16.1. The van der Waals surface area contributed by atoms with Gasteiger partial charge in [-0.15, -0.1) is 0 Å². The molecule has 3 rings (SSSR count). The van der Waals surface area contributed by atoms with Gasteiger partial charge in [-0.3, -0.25) is 4.79 Å². The summed E-state index contributed by atoms with van der Waals surface area (Å²) in [5, 5.41) is 13.0. The summed E-state index contributed by atoms with van der Waals surface area (Å²) >= 11 is 0. The first-order valence-electron chi connectivity index (χ1n) is 9.43. The second-order valence-electron chi connectivity index (χ2n) is 7.13. The van der Waals surface area contributed by atoms with Crippen molar-refractivity contribution >= 4 is 22.8 Å². The molecule has 1 saturated carbocycles. The molecule has 0 spiro atoms. The molecule has 1 fully saturated rings. The molecule has 1 amide bonds. The number of ether oxygens (including phenoxy) is 2. The van der Waals surface area contributed by atoms with E-state index >= 15 is 0 Å². The summed E-state index contributed by atoms with van der Waals surface area (Å²) in [5.74, 6) is -1.20. The van der Waals surface area contributed by atoms with Crippen LogP contribution in [0.5, 0.6) is 0 Å². The van der Waals surface area contributed by atoms with Crippen molar-refractivity contribution in [2.75, 3.05) is 7.11 Å². The van der Waals surface area contributed by atoms with Gasteiger partial charge < -0.3 is 19.2 Å². The van der Waals surface area contributed by atoms with Gasteiger partial charge in [-0.2, -0.15) is 5.26 Å². The Morgan fingerprint density at radius 2 is 2.00 bits per heavy atom. The van der Waals surface area contributed by atoms with Crippen LogP contribution in [0.2, 0.25) is 0 Å². The first-order valence-corrected chi connectivity index (χ1v) is 9.43. The smallest absolute Gasteiger partial charge is 0.375 e. The van der Waals surface area contributed by atoms with E-state index in [-0.39, 0.29) is 12.4 Å². The molecule has 1 aromatic heterocycles. The van der Waals surface area contributed by atoms with Gasteiger partial charge in [-0.25, -0.2) is 4.79 Å². The van der Waals surface area contributed by atoms with Gasteiger partial charge in [0.15, 0.2) is 6.10 Å². The van der Waals surface area contributed by atoms with Crippen LogP contribution >= 0.6 is 0 Å². The molecule has 0 saturated heterocycles. The van der Waals surface area contributed by atoms with Gasteiger partial charge in [-0.05, 0) is 25.8 Å². The number of para-hydroxylation sites is 1. The first kappa shape index (κ1) is 19.9. The van der Waals surface area contributed by atoms with Crippen molar-refractivity contribution in [2.24, 2.45) is 0 Å². The number of methoxy groups -OCH3 is 1. The number of nitrogens with one attached hydrogen (secondary N) is 1. The molecule has 1 N–H and O–H groups in total. The van der Waals surface area contributed by atoms with Crippen LogP contribution in [-0.2, 0) is 20.9 Å². The van der Waals surface area contributed by atoms with Crippen LogP contribution in [0, 0.1) is 11.3 Å². The number of hydrogen-bond acceptors (Lipinski definition) is 6. The number of carbonyl (C=O) groups excluding carboxylic acids is 2. The Morgan fingerprint density at radius 1 is 1.29 bits per heavy atom. The highest BCUT2D eigenvalue weighted by atomic mass is 16.6. The number of benzene rings is 1. The van der Waals surface area contributed by atoms with Gasteiger partial charge in [0.1, 0.15) is 11.1 Å². The molecule has 1 aromatic carbocycles. The van der Waals surface area contributed by atoms with Gasteiger partial charge in [-0.1, -0.05) is 37.5 Å². The van der Waals surface area contributed by atoms with Crippen LogP contribution in [0.4, 0.5) is 0 Å². The predicted octanol–water partition coefficient (Wildman–Crippen LogP) is 3.47. The molecule has 1 atom stereocenters. The quantitative estimate of drug-likeness (QED) is 0.765. The molecule has 1 heterocycles. The van der Waals surface area contributed by atoms with Crippen molar-refractivity contribution in [3.8, 4) is 6.07 Å². The van der Waals surface area contributed by atoms with Gasteiger partial charge >= 0.3 is 5.97 Å². The summed E-state index contributed by atoms with van der Waals surface area (Å²) in [4.78, 5) is 25.2. The maximum atomic E-state index is 12.6. The number of nitrogens with zero attached hydrogens (tertiary/aromatic N) is 1. The standard InChI is InChI=1S/C21H24N2O5/c1-14(19(24)23-21(13-22)10-6-3-7-11-21)27-20(25)18-16(12-26-2)15-8-4-5-9-17(15)28-18/h4-5,8-9,14H,3,6-7,10-12H2,1-2H3,(H,23,24). The minimum atomic E-state index is -1.05. The topological polar surface area (TPSA) is 102 Å². The minimum Gasteiger partial charge on any atom is -0.449 e. The summed E-state index contributed by atoms with van der Waals surface area (Å²) < 4.78 is 16.2. The van der Waals surface area contributed by atoms with E-state index in [0.717, 1.165) is 24.6 Å². The fraction of sp³-hybridized carbons (Fsp3) is 0.476. The van der Waals surface area contributed by atoms with E-state index in [9.17, 15) is 14.9 Å². The number of esters is 1. The van der Waals surface area contributed by atoms with Crippen LogP contribution in [0.25, 0.3) is 11.0 Å². The largest absolute Gasteiger partial charge is 0.449 e. The van der Waals surface area contributed by atoms with E-state index in [1.54, 1.807) is 12.1 Å². The summed E-state index contributed by atoms with van der Waals surface area (Å²) in [5.41, 5.74) is 0.247. The number of furan rings is 1. The van der Waals surface area contributed by atoms with Gasteiger partial charge in [0.25, 0.3) is 5.91 Å². The highest BCUT2D eigenvalue weighted by Crippen LogP contribution is 2.29. The Morgan fingerprint density at radius 3 is 2.68 bits per heavy atom. The van der Waals surface area contributed by atoms with Crippen LogP contribution in [0.15, 0.2) is 28.7 Å². The van der Waals surface area contributed by atoms with E-state index in [0.29, 0.717) is 24.0 Å². The average molecular weight is 384 g/mol. The van der Waals surface area contributed by atoms with Gasteiger partial charge in [0.05, 0.1) is 12.7 Å². The Hall–Kier alpha value is -2.85. The van der Waals surface area contributed by atoms with E-state index in [1.807, 2.05) is 12.1 Å². The van der Waals surface area contributed by atoms with Gasteiger partial charge in [0, 0.05) is 18.1 Å². The SMILES string of the molecule is COCc1c(C(=O)OC(C)C(=O)NC2(C#N)CCCCC2)oc2ccccc12. The Labute approximate surface area is 163 Å². The molecule has 0 radical (unpaired) electrons. The van der Waals surface area contributed by atoms with Crippen molar-refractivity contribution in [3.63, 3.8) is 0 Å². The molecule has 0 bridgehead atoms. The Kier molecular flexibility index (Phi) is 6.00. The zero-order chi connectivity index (χ0) is 20.1. The molecule has 7 nitrogen and oxygen atoms in total. The Balaban J connectivity index is 1.73. The molecular formula is C21H24N2O5. The second-order valence-corrected chi connectivity index (χ2v) is 7.13.